The molecule has 0 bridgehead atoms. The van der Waals surface area contributed by atoms with Crippen LogP contribution in [0, 0.1) is 6.92 Å². The predicted octanol–water partition coefficient (Wildman–Crippen LogP) is 4.35. The van der Waals surface area contributed by atoms with Crippen molar-refractivity contribution in [2.75, 3.05) is 0 Å². The zero-order chi connectivity index (χ0) is 14.0. The molecule has 1 aromatic heterocycles. The number of hydrogen-bond donors (Lipinski definition) is 0. The van der Waals surface area contributed by atoms with Crippen molar-refractivity contribution in [2.24, 2.45) is 7.05 Å². The van der Waals surface area contributed by atoms with E-state index in [9.17, 15) is 0 Å². The molecule has 1 aromatic carbocycles. The molecule has 0 fully saturated rings. The summed E-state index contributed by atoms with van der Waals surface area (Å²) in [5.41, 5.74) is 2.54. The van der Waals surface area contributed by atoms with Crippen LogP contribution in [-0.2, 0) is 19.5 Å². The van der Waals surface area contributed by atoms with Gasteiger partial charge in [0.15, 0.2) is 0 Å². The van der Waals surface area contributed by atoms with Crippen LogP contribution in [0.4, 0.5) is 0 Å². The minimum absolute atomic E-state index is 0.312. The number of aryl methyl sites for hydroxylation is 2. The number of ether oxygens (including phenoxy) is 1. The maximum absolute atomic E-state index is 6.16. The second-order valence-corrected chi connectivity index (χ2v) is 5.16. The van der Waals surface area contributed by atoms with Crippen LogP contribution in [0.1, 0.15) is 16.8 Å². The summed E-state index contributed by atoms with van der Waals surface area (Å²) < 4.78 is 7.38. The van der Waals surface area contributed by atoms with Crippen LogP contribution in [0.2, 0.25) is 10.2 Å². The van der Waals surface area contributed by atoms with E-state index in [2.05, 4.69) is 5.10 Å². The molecule has 2 aromatic rings. The van der Waals surface area contributed by atoms with Crippen molar-refractivity contribution in [1.82, 2.24) is 9.78 Å². The summed E-state index contributed by atoms with van der Waals surface area (Å²) in [6.45, 7) is 2.20. The van der Waals surface area contributed by atoms with Gasteiger partial charge in [0, 0.05) is 18.2 Å². The zero-order valence-corrected chi connectivity index (χ0v) is 12.9. The van der Waals surface area contributed by atoms with E-state index in [-0.39, 0.29) is 0 Å². The van der Waals surface area contributed by atoms with Gasteiger partial charge >= 0.3 is 0 Å². The number of para-hydroxylation sites is 1. The van der Waals surface area contributed by atoms with E-state index < -0.39 is 0 Å². The van der Waals surface area contributed by atoms with Crippen LogP contribution < -0.4 is 4.74 Å². The summed E-state index contributed by atoms with van der Waals surface area (Å²) in [6.07, 6.45) is 0. The van der Waals surface area contributed by atoms with Gasteiger partial charge in [-0.3, -0.25) is 4.68 Å². The molecule has 19 heavy (non-hydrogen) atoms. The first kappa shape index (κ1) is 14.5. The lowest BCUT2D eigenvalue weighted by Crippen LogP contribution is -2.00. The summed E-state index contributed by atoms with van der Waals surface area (Å²) in [5, 5.41) is 5.34. The quantitative estimate of drug-likeness (QED) is 0.783. The van der Waals surface area contributed by atoms with Gasteiger partial charge in [0.25, 0.3) is 0 Å². The third kappa shape index (κ3) is 2.99. The number of alkyl halides is 1. The average Bonchev–Trinajstić information content (AvgIpc) is 2.62. The third-order valence-corrected chi connectivity index (χ3v) is 3.88. The fourth-order valence-corrected chi connectivity index (χ4v) is 2.49. The molecule has 0 spiro atoms. The Balaban J connectivity index is 2.24. The third-order valence-electron chi connectivity index (χ3n) is 2.82. The first-order valence-electron chi connectivity index (χ1n) is 5.68. The van der Waals surface area contributed by atoms with Crippen LogP contribution in [0.3, 0.4) is 0 Å². The molecule has 102 valence electrons. The summed E-state index contributed by atoms with van der Waals surface area (Å²) >= 11 is 18.1. The molecule has 0 saturated carbocycles. The lowest BCUT2D eigenvalue weighted by atomic mass is 10.2. The van der Waals surface area contributed by atoms with Gasteiger partial charge in [0.05, 0.1) is 16.6 Å². The van der Waals surface area contributed by atoms with Crippen molar-refractivity contribution in [3.05, 3.63) is 45.2 Å². The highest BCUT2D eigenvalue weighted by molar-refractivity contribution is 6.32. The van der Waals surface area contributed by atoms with E-state index in [4.69, 9.17) is 39.5 Å². The highest BCUT2D eigenvalue weighted by Crippen LogP contribution is 2.31. The maximum atomic E-state index is 6.16. The topological polar surface area (TPSA) is 27.1 Å². The van der Waals surface area contributed by atoms with Crippen molar-refractivity contribution in [2.45, 2.75) is 19.4 Å². The van der Waals surface area contributed by atoms with Gasteiger partial charge in [-0.25, -0.2) is 0 Å². The van der Waals surface area contributed by atoms with Gasteiger partial charge in [-0.05, 0) is 13.0 Å². The SMILES string of the molecule is Cc1nn(C)c(Cl)c1COc1c(Cl)cccc1CCl. The van der Waals surface area contributed by atoms with Gasteiger partial charge in [0.2, 0.25) is 0 Å². The van der Waals surface area contributed by atoms with Crippen molar-refractivity contribution in [3.8, 4) is 5.75 Å². The van der Waals surface area contributed by atoms with E-state index in [1.54, 1.807) is 17.8 Å². The van der Waals surface area contributed by atoms with Crippen molar-refractivity contribution in [3.63, 3.8) is 0 Å². The van der Waals surface area contributed by atoms with E-state index in [1.165, 1.54) is 0 Å². The molecule has 0 aliphatic carbocycles. The summed E-state index contributed by atoms with van der Waals surface area (Å²) in [4.78, 5) is 0. The van der Waals surface area contributed by atoms with Crippen LogP contribution >= 0.6 is 34.8 Å². The highest BCUT2D eigenvalue weighted by atomic mass is 35.5. The number of aromatic nitrogens is 2. The molecule has 0 N–H and O–H groups in total. The summed E-state index contributed by atoms with van der Waals surface area (Å²) in [6, 6.07) is 5.49. The van der Waals surface area contributed by atoms with Crippen molar-refractivity contribution in [1.29, 1.82) is 0 Å². The molecule has 0 amide bonds. The van der Waals surface area contributed by atoms with Crippen LogP contribution in [0.25, 0.3) is 0 Å². The second kappa shape index (κ2) is 6.04. The normalized spacial score (nSPS) is 10.8. The molecule has 0 aliphatic heterocycles. The second-order valence-electron chi connectivity index (χ2n) is 4.13. The monoisotopic (exact) mass is 318 g/mol. The number of nitrogens with zero attached hydrogens (tertiary/aromatic N) is 2. The fraction of sp³-hybridized carbons (Fsp3) is 0.308. The van der Waals surface area contributed by atoms with Gasteiger partial charge in [-0.15, -0.1) is 11.6 Å². The minimum Gasteiger partial charge on any atom is -0.487 e. The van der Waals surface area contributed by atoms with E-state index in [1.807, 2.05) is 19.1 Å². The van der Waals surface area contributed by atoms with E-state index in [0.717, 1.165) is 16.8 Å². The Morgan fingerprint density at radius 2 is 2.05 bits per heavy atom. The molecule has 3 nitrogen and oxygen atoms in total. The summed E-state index contributed by atoms with van der Waals surface area (Å²) in [5.74, 6) is 0.939. The van der Waals surface area contributed by atoms with Gasteiger partial charge in [-0.1, -0.05) is 35.3 Å². The number of hydrogen-bond acceptors (Lipinski definition) is 2. The molecule has 0 aliphatic rings. The lowest BCUT2D eigenvalue weighted by Gasteiger charge is -2.11. The molecule has 6 heteroatoms. The Hall–Kier alpha value is -0.900. The van der Waals surface area contributed by atoms with Crippen LogP contribution in [0.5, 0.6) is 5.75 Å². The Morgan fingerprint density at radius 1 is 1.32 bits per heavy atom. The minimum atomic E-state index is 0.312. The zero-order valence-electron chi connectivity index (χ0n) is 10.6. The van der Waals surface area contributed by atoms with Gasteiger partial charge in [0.1, 0.15) is 17.5 Å². The molecule has 0 atom stereocenters. The molecular formula is C13H13Cl3N2O. The van der Waals surface area contributed by atoms with Crippen molar-refractivity contribution < 1.29 is 4.74 Å². The first-order chi connectivity index (χ1) is 9.04. The Labute approximate surface area is 127 Å². The largest absolute Gasteiger partial charge is 0.487 e. The van der Waals surface area contributed by atoms with Gasteiger partial charge in [-0.2, -0.15) is 5.10 Å². The van der Waals surface area contributed by atoms with Gasteiger partial charge < -0.3 is 4.74 Å². The molecular weight excluding hydrogens is 307 g/mol. The van der Waals surface area contributed by atoms with E-state index >= 15 is 0 Å². The Bertz CT molecular complexity index is 596. The molecule has 1 heterocycles. The first-order valence-corrected chi connectivity index (χ1v) is 6.97. The number of benzene rings is 1. The molecule has 0 radical (unpaired) electrons. The smallest absolute Gasteiger partial charge is 0.142 e. The van der Waals surface area contributed by atoms with Crippen LogP contribution in [0.15, 0.2) is 18.2 Å². The Kier molecular flexibility index (Phi) is 4.61. The standard InChI is InChI=1S/C13H13Cl3N2O/c1-8-10(13(16)18(2)17-8)7-19-12-9(6-14)4-3-5-11(12)15/h3-5H,6-7H2,1-2H3. The number of rotatable bonds is 4. The predicted molar refractivity (Wildman–Crippen MR) is 78.3 cm³/mol. The lowest BCUT2D eigenvalue weighted by molar-refractivity contribution is 0.303. The summed E-state index contributed by atoms with van der Waals surface area (Å²) in [7, 11) is 1.79. The van der Waals surface area contributed by atoms with Crippen LogP contribution in [-0.4, -0.2) is 9.78 Å². The molecule has 0 unspecified atom stereocenters. The molecule has 0 saturated heterocycles. The average molecular weight is 320 g/mol. The molecule has 2 rings (SSSR count). The fourth-order valence-electron chi connectivity index (χ4n) is 1.80. The van der Waals surface area contributed by atoms with E-state index in [0.29, 0.717) is 28.4 Å². The highest BCUT2D eigenvalue weighted by Gasteiger charge is 2.14. The number of halogens is 3. The Morgan fingerprint density at radius 3 is 2.63 bits per heavy atom. The van der Waals surface area contributed by atoms with Crippen molar-refractivity contribution >= 4 is 34.8 Å². The maximum Gasteiger partial charge on any atom is 0.142 e.